The van der Waals surface area contributed by atoms with E-state index in [4.69, 9.17) is 4.74 Å². The summed E-state index contributed by atoms with van der Waals surface area (Å²) in [7, 11) is 0. The zero-order valence-corrected chi connectivity index (χ0v) is 16.0. The van der Waals surface area contributed by atoms with Gasteiger partial charge >= 0.3 is 5.69 Å². The molecule has 0 fully saturated rings. The highest BCUT2D eigenvalue weighted by molar-refractivity contribution is 5.76. The predicted octanol–water partition coefficient (Wildman–Crippen LogP) is 1.59. The topological polar surface area (TPSA) is 117 Å². The summed E-state index contributed by atoms with van der Waals surface area (Å²) in [5.41, 5.74) is 1.60. The largest absolute Gasteiger partial charge is 0.487 e. The third-order valence-corrected chi connectivity index (χ3v) is 4.36. The second-order valence-electron chi connectivity index (χ2n) is 6.55. The van der Waals surface area contributed by atoms with Gasteiger partial charge in [-0.1, -0.05) is 18.2 Å². The fourth-order valence-corrected chi connectivity index (χ4v) is 2.84. The molecule has 0 saturated heterocycles. The van der Waals surface area contributed by atoms with Crippen LogP contribution < -0.4 is 21.3 Å². The normalized spacial score (nSPS) is 10.5. The highest BCUT2D eigenvalue weighted by Crippen LogP contribution is 2.14. The molecule has 0 bridgehead atoms. The molecular weight excluding hydrogens is 372 g/mol. The fourth-order valence-electron chi connectivity index (χ4n) is 2.84. The number of aromatic nitrogens is 3. The van der Waals surface area contributed by atoms with Crippen LogP contribution in [-0.4, -0.2) is 20.9 Å². The van der Waals surface area contributed by atoms with E-state index in [0.717, 1.165) is 11.3 Å². The Morgan fingerprint density at radius 1 is 1.14 bits per heavy atom. The van der Waals surface area contributed by atoms with Gasteiger partial charge in [-0.2, -0.15) is 0 Å². The van der Waals surface area contributed by atoms with Crippen LogP contribution in [0.25, 0.3) is 0 Å². The third-order valence-electron chi connectivity index (χ3n) is 4.36. The van der Waals surface area contributed by atoms with Crippen LogP contribution in [0.3, 0.4) is 0 Å². The molecule has 29 heavy (non-hydrogen) atoms. The van der Waals surface area contributed by atoms with Gasteiger partial charge in [0, 0.05) is 30.4 Å². The zero-order chi connectivity index (χ0) is 20.6. The number of rotatable bonds is 8. The van der Waals surface area contributed by atoms with Gasteiger partial charge in [0.25, 0.3) is 5.56 Å². The minimum absolute atomic E-state index is 0.145. The van der Waals surface area contributed by atoms with E-state index < -0.39 is 11.2 Å². The molecule has 2 heterocycles. The first-order valence-corrected chi connectivity index (χ1v) is 9.21. The van der Waals surface area contributed by atoms with Crippen LogP contribution >= 0.6 is 0 Å². The highest BCUT2D eigenvalue weighted by Gasteiger charge is 2.09. The summed E-state index contributed by atoms with van der Waals surface area (Å²) in [5, 5.41) is 2.83. The number of nitrogens with zero attached hydrogens (tertiary/aromatic N) is 1. The number of aryl methyl sites for hydroxylation is 1. The van der Waals surface area contributed by atoms with Crippen molar-refractivity contribution in [2.24, 2.45) is 0 Å². The van der Waals surface area contributed by atoms with Crippen LogP contribution in [0.5, 0.6) is 5.75 Å². The maximum absolute atomic E-state index is 12.1. The molecule has 0 radical (unpaired) electrons. The Morgan fingerprint density at radius 3 is 2.76 bits per heavy atom. The van der Waals surface area contributed by atoms with Gasteiger partial charge in [-0.05, 0) is 43.2 Å². The average molecular weight is 394 g/mol. The van der Waals surface area contributed by atoms with Crippen molar-refractivity contribution in [3.8, 4) is 5.75 Å². The average Bonchev–Trinajstić information content (AvgIpc) is 2.71. The van der Waals surface area contributed by atoms with Gasteiger partial charge in [0.1, 0.15) is 12.4 Å². The number of H-pyrrole nitrogens is 2. The number of benzene rings is 1. The van der Waals surface area contributed by atoms with Crippen molar-refractivity contribution < 1.29 is 9.53 Å². The summed E-state index contributed by atoms with van der Waals surface area (Å²) in [6, 6.07) is 13.1. The number of pyridine rings is 1. The monoisotopic (exact) mass is 394 g/mol. The Hall–Kier alpha value is -3.68. The number of aromatic amines is 2. The van der Waals surface area contributed by atoms with Gasteiger partial charge in [0.2, 0.25) is 5.91 Å². The third kappa shape index (κ3) is 5.90. The van der Waals surface area contributed by atoms with Gasteiger partial charge in [0.15, 0.2) is 0 Å². The molecule has 8 nitrogen and oxygen atoms in total. The van der Waals surface area contributed by atoms with Gasteiger partial charge in [0.05, 0.1) is 5.69 Å². The molecule has 3 N–H and O–H groups in total. The standard InChI is InChI=1S/C21H22N4O4/c1-14-18(20(27)25-21(28)24-14)8-9-19(26)23-12-15-5-4-7-17(11-15)29-13-16-6-2-3-10-22-16/h2-7,10-11H,8-9,12-13H2,1H3,(H,23,26)(H2,24,25,27,28). The molecule has 1 amide bonds. The van der Waals surface area contributed by atoms with E-state index in [0.29, 0.717) is 30.2 Å². The first-order chi connectivity index (χ1) is 14.0. The molecule has 0 saturated carbocycles. The van der Waals surface area contributed by atoms with E-state index in [1.807, 2.05) is 42.5 Å². The molecule has 0 aliphatic carbocycles. The molecule has 3 aromatic rings. The summed E-state index contributed by atoms with van der Waals surface area (Å²) in [4.78, 5) is 44.1. The lowest BCUT2D eigenvalue weighted by Crippen LogP contribution is -2.29. The predicted molar refractivity (Wildman–Crippen MR) is 108 cm³/mol. The van der Waals surface area contributed by atoms with Crippen LogP contribution in [0.2, 0.25) is 0 Å². The number of ether oxygens (including phenoxy) is 1. The zero-order valence-electron chi connectivity index (χ0n) is 16.0. The Bertz CT molecular complexity index is 1090. The van der Waals surface area contributed by atoms with Crippen LogP contribution in [0, 0.1) is 6.92 Å². The quantitative estimate of drug-likeness (QED) is 0.536. The summed E-state index contributed by atoms with van der Waals surface area (Å²) in [6.45, 7) is 2.35. The van der Waals surface area contributed by atoms with Crippen molar-refractivity contribution in [3.05, 3.63) is 92.0 Å². The summed E-state index contributed by atoms with van der Waals surface area (Å²) in [5.74, 6) is 0.507. The van der Waals surface area contributed by atoms with Crippen molar-refractivity contribution >= 4 is 5.91 Å². The number of hydrogen-bond donors (Lipinski definition) is 3. The smallest absolute Gasteiger partial charge is 0.325 e. The minimum Gasteiger partial charge on any atom is -0.487 e. The molecular formula is C21H22N4O4. The molecule has 150 valence electrons. The van der Waals surface area contributed by atoms with E-state index >= 15 is 0 Å². The van der Waals surface area contributed by atoms with Crippen LogP contribution in [-0.2, 0) is 24.4 Å². The van der Waals surface area contributed by atoms with E-state index in [2.05, 4.69) is 20.3 Å². The van der Waals surface area contributed by atoms with E-state index in [1.165, 1.54) is 0 Å². The Kier molecular flexibility index (Phi) is 6.57. The fraction of sp³-hybridized carbons (Fsp3) is 0.238. The van der Waals surface area contributed by atoms with Crippen molar-refractivity contribution in [1.29, 1.82) is 0 Å². The van der Waals surface area contributed by atoms with Crippen molar-refractivity contribution in [3.63, 3.8) is 0 Å². The molecule has 1 aromatic carbocycles. The van der Waals surface area contributed by atoms with E-state index in [1.54, 1.807) is 13.1 Å². The van der Waals surface area contributed by atoms with Crippen molar-refractivity contribution in [2.75, 3.05) is 0 Å². The van der Waals surface area contributed by atoms with Gasteiger partial charge in [-0.3, -0.25) is 19.6 Å². The molecule has 0 atom stereocenters. The Labute approximate surface area is 167 Å². The van der Waals surface area contributed by atoms with E-state index in [9.17, 15) is 14.4 Å². The highest BCUT2D eigenvalue weighted by atomic mass is 16.5. The number of hydrogen-bond acceptors (Lipinski definition) is 5. The maximum atomic E-state index is 12.1. The maximum Gasteiger partial charge on any atom is 0.325 e. The van der Waals surface area contributed by atoms with Crippen molar-refractivity contribution in [2.45, 2.75) is 32.9 Å². The van der Waals surface area contributed by atoms with Crippen molar-refractivity contribution in [1.82, 2.24) is 20.3 Å². The number of carbonyl (C=O) groups is 1. The van der Waals surface area contributed by atoms with Crippen LogP contribution in [0.4, 0.5) is 0 Å². The molecule has 2 aromatic heterocycles. The first kappa shape index (κ1) is 20.1. The lowest BCUT2D eigenvalue weighted by Gasteiger charge is -2.09. The van der Waals surface area contributed by atoms with Crippen LogP contribution in [0.15, 0.2) is 58.3 Å². The number of carbonyl (C=O) groups excluding carboxylic acids is 1. The molecule has 0 aliphatic rings. The Balaban J connectivity index is 1.50. The molecule has 3 rings (SSSR count). The minimum atomic E-state index is -0.550. The lowest BCUT2D eigenvalue weighted by molar-refractivity contribution is -0.121. The summed E-state index contributed by atoms with van der Waals surface area (Å²) < 4.78 is 5.74. The summed E-state index contributed by atoms with van der Waals surface area (Å²) >= 11 is 0. The van der Waals surface area contributed by atoms with E-state index in [-0.39, 0.29) is 18.7 Å². The first-order valence-electron chi connectivity index (χ1n) is 9.21. The Morgan fingerprint density at radius 2 is 2.00 bits per heavy atom. The number of nitrogens with one attached hydrogen (secondary N) is 3. The second-order valence-corrected chi connectivity index (χ2v) is 6.55. The summed E-state index contributed by atoms with van der Waals surface area (Å²) in [6.07, 6.45) is 2.11. The van der Waals surface area contributed by atoms with Crippen LogP contribution in [0.1, 0.15) is 28.9 Å². The SMILES string of the molecule is Cc1[nH]c(=O)[nH]c(=O)c1CCC(=O)NCc1cccc(OCc2ccccn2)c1. The second kappa shape index (κ2) is 9.50. The molecule has 8 heteroatoms. The van der Waals surface area contributed by atoms with Gasteiger partial charge in [-0.25, -0.2) is 4.79 Å². The number of amides is 1. The lowest BCUT2D eigenvalue weighted by atomic mass is 10.1. The van der Waals surface area contributed by atoms with Gasteiger partial charge in [-0.15, -0.1) is 0 Å². The van der Waals surface area contributed by atoms with Gasteiger partial charge < -0.3 is 15.0 Å². The molecule has 0 spiro atoms. The molecule has 0 unspecified atom stereocenters. The molecule has 0 aliphatic heterocycles.